The third-order valence-electron chi connectivity index (χ3n) is 5.86. The van der Waals surface area contributed by atoms with Gasteiger partial charge in [0.2, 0.25) is 0 Å². The predicted molar refractivity (Wildman–Crippen MR) is 70.6 cm³/mol. The number of aliphatic hydroxyl groups is 1. The Kier molecular flexibility index (Phi) is 2.00. The molecule has 0 spiro atoms. The molecule has 3 heteroatoms. The number of hydrogen-bond acceptors (Lipinski definition) is 2. The number of hydrogen-bond donors (Lipinski definition) is 2. The van der Waals surface area contributed by atoms with Gasteiger partial charge in [0, 0.05) is 18.0 Å². The van der Waals surface area contributed by atoms with Gasteiger partial charge in [0.15, 0.2) is 0 Å². The zero-order chi connectivity index (χ0) is 12.5. The molecule has 0 amide bonds. The molecule has 4 aliphatic carbocycles. The molecule has 1 heterocycles. The Bertz CT molecular complexity index is 416. The Morgan fingerprint density at radius 2 is 1.61 bits per heavy atom. The van der Waals surface area contributed by atoms with Gasteiger partial charge < -0.3 is 10.0 Å². The van der Waals surface area contributed by atoms with E-state index in [4.69, 9.17) is 5.41 Å². The van der Waals surface area contributed by atoms with Crippen molar-refractivity contribution in [2.75, 3.05) is 13.6 Å². The van der Waals surface area contributed by atoms with Crippen LogP contribution in [0.3, 0.4) is 0 Å². The number of aliphatic hydroxyl groups excluding tert-OH is 1. The van der Waals surface area contributed by atoms with Gasteiger partial charge in [0.1, 0.15) is 11.6 Å². The number of likely N-dealkylation sites (N-methyl/N-ethyl adjacent to an activating group) is 1. The highest BCUT2D eigenvalue weighted by Gasteiger charge is 2.55. The van der Waals surface area contributed by atoms with Crippen molar-refractivity contribution in [3.05, 3.63) is 11.3 Å². The molecule has 4 bridgehead atoms. The van der Waals surface area contributed by atoms with Gasteiger partial charge in [-0.2, -0.15) is 0 Å². The van der Waals surface area contributed by atoms with E-state index in [0.717, 1.165) is 23.3 Å². The molecule has 3 nitrogen and oxygen atoms in total. The zero-order valence-corrected chi connectivity index (χ0v) is 11.1. The molecule has 5 aliphatic rings. The molecule has 0 unspecified atom stereocenters. The van der Waals surface area contributed by atoms with Crippen LogP contribution in [0.15, 0.2) is 11.3 Å². The Hall–Kier alpha value is -0.990. The summed E-state index contributed by atoms with van der Waals surface area (Å²) in [4.78, 5) is 1.89. The van der Waals surface area contributed by atoms with Crippen LogP contribution in [0, 0.1) is 28.6 Å². The predicted octanol–water partition coefficient (Wildman–Crippen LogP) is 2.94. The van der Waals surface area contributed by atoms with Gasteiger partial charge >= 0.3 is 0 Å². The van der Waals surface area contributed by atoms with Crippen LogP contribution in [-0.2, 0) is 0 Å². The van der Waals surface area contributed by atoms with Crippen molar-refractivity contribution in [1.82, 2.24) is 4.90 Å². The van der Waals surface area contributed by atoms with Crippen molar-refractivity contribution in [3.63, 3.8) is 0 Å². The molecule has 18 heavy (non-hydrogen) atoms. The molecule has 4 saturated carbocycles. The second-order valence-corrected chi connectivity index (χ2v) is 7.22. The van der Waals surface area contributed by atoms with Crippen molar-refractivity contribution in [2.24, 2.45) is 23.2 Å². The van der Waals surface area contributed by atoms with E-state index in [1.165, 1.54) is 38.5 Å². The standard InChI is InChI=1S/C15H22N2O/c1-17-8-12(18)13(14(17)16)15-5-9-2-10(6-15)4-11(3-9)7-15/h9-11,16,18H,2-8H2,1H3. The first-order chi connectivity index (χ1) is 8.57. The Labute approximate surface area is 108 Å². The SMILES string of the molecule is CN1CC(O)=C(C23CC4CC(CC(C4)C2)C3)C1=N. The second kappa shape index (κ2) is 3.31. The summed E-state index contributed by atoms with van der Waals surface area (Å²) in [5.41, 5.74) is 1.19. The molecule has 0 aromatic heterocycles. The van der Waals surface area contributed by atoms with Crippen LogP contribution in [0.25, 0.3) is 0 Å². The van der Waals surface area contributed by atoms with Crippen LogP contribution >= 0.6 is 0 Å². The molecule has 0 saturated heterocycles. The van der Waals surface area contributed by atoms with Crippen molar-refractivity contribution in [1.29, 1.82) is 5.41 Å². The largest absolute Gasteiger partial charge is 0.510 e. The van der Waals surface area contributed by atoms with Crippen molar-refractivity contribution >= 4 is 5.84 Å². The maximum atomic E-state index is 10.3. The zero-order valence-electron chi connectivity index (χ0n) is 11.1. The lowest BCUT2D eigenvalue weighted by Crippen LogP contribution is -2.48. The van der Waals surface area contributed by atoms with Crippen molar-refractivity contribution in [2.45, 2.75) is 38.5 Å². The Morgan fingerprint density at radius 1 is 1.11 bits per heavy atom. The fourth-order valence-electron chi connectivity index (χ4n) is 5.68. The highest BCUT2D eigenvalue weighted by Crippen LogP contribution is 2.63. The number of nitrogens with zero attached hydrogens (tertiary/aromatic N) is 1. The lowest BCUT2D eigenvalue weighted by molar-refractivity contribution is -0.0287. The molecule has 0 aromatic rings. The first kappa shape index (κ1) is 10.9. The minimum absolute atomic E-state index is 0.167. The Balaban J connectivity index is 1.76. The maximum absolute atomic E-state index is 10.3. The molecule has 0 radical (unpaired) electrons. The Morgan fingerprint density at radius 3 is 2.00 bits per heavy atom. The number of amidine groups is 1. The molecule has 0 aromatic carbocycles. The third-order valence-corrected chi connectivity index (χ3v) is 5.86. The van der Waals surface area contributed by atoms with Crippen molar-refractivity contribution in [3.8, 4) is 0 Å². The van der Waals surface area contributed by atoms with Gasteiger partial charge in [-0.15, -0.1) is 0 Å². The molecule has 98 valence electrons. The van der Waals surface area contributed by atoms with E-state index in [1.54, 1.807) is 0 Å². The number of nitrogens with one attached hydrogen (secondary N) is 1. The van der Waals surface area contributed by atoms with E-state index in [-0.39, 0.29) is 5.41 Å². The molecule has 4 fully saturated rings. The summed E-state index contributed by atoms with van der Waals surface area (Å²) in [6.07, 6.45) is 7.93. The van der Waals surface area contributed by atoms with Crippen LogP contribution in [-0.4, -0.2) is 29.4 Å². The van der Waals surface area contributed by atoms with Crippen LogP contribution in [0.5, 0.6) is 0 Å². The lowest BCUT2D eigenvalue weighted by Gasteiger charge is -2.57. The minimum Gasteiger partial charge on any atom is -0.510 e. The first-order valence-corrected chi connectivity index (χ1v) is 7.30. The van der Waals surface area contributed by atoms with E-state index in [1.807, 2.05) is 11.9 Å². The van der Waals surface area contributed by atoms with Crippen LogP contribution in [0.2, 0.25) is 0 Å². The fraction of sp³-hybridized carbons (Fsp3) is 0.800. The summed E-state index contributed by atoms with van der Waals surface area (Å²) in [6.45, 7) is 0.552. The smallest absolute Gasteiger partial charge is 0.128 e. The summed E-state index contributed by atoms with van der Waals surface area (Å²) in [5, 5.41) is 18.6. The summed E-state index contributed by atoms with van der Waals surface area (Å²) in [5.74, 6) is 3.69. The van der Waals surface area contributed by atoms with Gasteiger partial charge in [-0.25, -0.2) is 0 Å². The number of rotatable bonds is 1. The van der Waals surface area contributed by atoms with Gasteiger partial charge in [-0.3, -0.25) is 5.41 Å². The van der Waals surface area contributed by atoms with Gasteiger partial charge in [0.05, 0.1) is 6.54 Å². The quantitative estimate of drug-likeness (QED) is 0.747. The third kappa shape index (κ3) is 1.28. The van der Waals surface area contributed by atoms with Crippen molar-refractivity contribution < 1.29 is 5.11 Å². The summed E-state index contributed by atoms with van der Waals surface area (Å²) in [6, 6.07) is 0. The normalized spacial score (nSPS) is 46.4. The molecule has 1 aliphatic heterocycles. The van der Waals surface area contributed by atoms with Gasteiger partial charge in [0.25, 0.3) is 0 Å². The van der Waals surface area contributed by atoms with E-state index in [9.17, 15) is 5.11 Å². The molecule has 5 rings (SSSR count). The van der Waals surface area contributed by atoms with E-state index in [2.05, 4.69) is 0 Å². The lowest BCUT2D eigenvalue weighted by atomic mass is 9.47. The average molecular weight is 246 g/mol. The van der Waals surface area contributed by atoms with E-state index >= 15 is 0 Å². The summed E-state index contributed by atoms with van der Waals surface area (Å²) < 4.78 is 0. The minimum atomic E-state index is 0.167. The molecule has 2 N–H and O–H groups in total. The van der Waals surface area contributed by atoms with E-state index < -0.39 is 0 Å². The first-order valence-electron chi connectivity index (χ1n) is 7.30. The molecular weight excluding hydrogens is 224 g/mol. The molecule has 0 atom stereocenters. The topological polar surface area (TPSA) is 47.3 Å². The monoisotopic (exact) mass is 246 g/mol. The fourth-order valence-corrected chi connectivity index (χ4v) is 5.68. The summed E-state index contributed by atoms with van der Waals surface area (Å²) >= 11 is 0. The highest BCUT2D eigenvalue weighted by molar-refractivity contribution is 6.00. The van der Waals surface area contributed by atoms with Crippen LogP contribution in [0.4, 0.5) is 0 Å². The highest BCUT2D eigenvalue weighted by atomic mass is 16.3. The van der Waals surface area contributed by atoms with Crippen LogP contribution < -0.4 is 0 Å². The van der Waals surface area contributed by atoms with Crippen LogP contribution in [0.1, 0.15) is 38.5 Å². The maximum Gasteiger partial charge on any atom is 0.128 e. The molecular formula is C15H22N2O. The van der Waals surface area contributed by atoms with Gasteiger partial charge in [-0.1, -0.05) is 0 Å². The summed E-state index contributed by atoms with van der Waals surface area (Å²) in [7, 11) is 1.92. The van der Waals surface area contributed by atoms with E-state index in [0.29, 0.717) is 18.1 Å². The second-order valence-electron chi connectivity index (χ2n) is 7.22. The average Bonchev–Trinajstić information content (AvgIpc) is 2.51. The van der Waals surface area contributed by atoms with Gasteiger partial charge in [-0.05, 0) is 56.3 Å².